The molecule has 6 heteroatoms. The maximum Gasteiger partial charge on any atom is 0.410 e. The molecule has 0 aromatic heterocycles. The fourth-order valence-corrected chi connectivity index (χ4v) is 2.95. The molecule has 3 rings (SSSR count). The van der Waals surface area contributed by atoms with E-state index in [4.69, 9.17) is 14.2 Å². The average Bonchev–Trinajstić information content (AvgIpc) is 2.73. The van der Waals surface area contributed by atoms with Crippen LogP contribution in [0.15, 0.2) is 54.6 Å². The SMILES string of the molecule is COc1cccc(CC(=O)C(OC(=O)N2CCOCC2)c2ccccc2)c1. The first kappa shape index (κ1) is 18.9. The number of hydrogen-bond acceptors (Lipinski definition) is 5. The second-order valence-corrected chi connectivity index (χ2v) is 6.27. The third kappa shape index (κ3) is 5.08. The fraction of sp³-hybridized carbons (Fsp3) is 0.333. The Morgan fingerprint density at radius 3 is 2.52 bits per heavy atom. The molecule has 1 fully saturated rings. The molecule has 6 nitrogen and oxygen atoms in total. The van der Waals surface area contributed by atoms with Gasteiger partial charge in [0.2, 0.25) is 0 Å². The van der Waals surface area contributed by atoms with Crippen molar-refractivity contribution in [1.82, 2.24) is 4.90 Å². The summed E-state index contributed by atoms with van der Waals surface area (Å²) >= 11 is 0. The second kappa shape index (κ2) is 9.19. The van der Waals surface area contributed by atoms with Gasteiger partial charge in [-0.1, -0.05) is 42.5 Å². The smallest absolute Gasteiger partial charge is 0.410 e. The van der Waals surface area contributed by atoms with E-state index in [-0.39, 0.29) is 12.2 Å². The molecule has 142 valence electrons. The Balaban J connectivity index is 1.76. The van der Waals surface area contributed by atoms with Gasteiger partial charge in [-0.2, -0.15) is 0 Å². The van der Waals surface area contributed by atoms with E-state index >= 15 is 0 Å². The standard InChI is InChI=1S/C21H23NO5/c1-25-18-9-5-6-16(14-18)15-19(23)20(17-7-3-2-4-8-17)27-21(24)22-10-12-26-13-11-22/h2-9,14,20H,10-13,15H2,1H3. The van der Waals surface area contributed by atoms with Gasteiger partial charge in [0.05, 0.1) is 20.3 Å². The molecule has 1 unspecified atom stereocenters. The fourth-order valence-electron chi connectivity index (χ4n) is 2.95. The summed E-state index contributed by atoms with van der Waals surface area (Å²) in [7, 11) is 1.58. The van der Waals surface area contributed by atoms with E-state index in [2.05, 4.69) is 0 Å². The van der Waals surface area contributed by atoms with Crippen molar-refractivity contribution in [2.75, 3.05) is 33.4 Å². The molecule has 2 aromatic carbocycles. The molecule has 0 bridgehead atoms. The molecule has 1 amide bonds. The summed E-state index contributed by atoms with van der Waals surface area (Å²) in [6, 6.07) is 16.4. The van der Waals surface area contributed by atoms with Gasteiger partial charge in [-0.25, -0.2) is 4.79 Å². The summed E-state index contributed by atoms with van der Waals surface area (Å²) < 4.78 is 16.1. The molecule has 2 aromatic rings. The zero-order chi connectivity index (χ0) is 19.1. The Kier molecular flexibility index (Phi) is 6.44. The first-order valence-corrected chi connectivity index (χ1v) is 8.91. The van der Waals surface area contributed by atoms with Crippen LogP contribution in [0, 0.1) is 0 Å². The monoisotopic (exact) mass is 369 g/mol. The normalized spacial score (nSPS) is 15.1. The summed E-state index contributed by atoms with van der Waals surface area (Å²) in [5, 5.41) is 0. The highest BCUT2D eigenvalue weighted by Crippen LogP contribution is 2.23. The number of morpholine rings is 1. The maximum atomic E-state index is 13.0. The summed E-state index contributed by atoms with van der Waals surface area (Å²) in [6.07, 6.45) is -1.30. The van der Waals surface area contributed by atoms with Crippen LogP contribution >= 0.6 is 0 Å². The zero-order valence-corrected chi connectivity index (χ0v) is 15.3. The Morgan fingerprint density at radius 1 is 1.07 bits per heavy atom. The van der Waals surface area contributed by atoms with Crippen LogP contribution < -0.4 is 4.74 Å². The quantitative estimate of drug-likeness (QED) is 0.783. The van der Waals surface area contributed by atoms with Crippen LogP contribution in [-0.2, 0) is 20.7 Å². The number of amides is 1. The van der Waals surface area contributed by atoms with E-state index in [9.17, 15) is 9.59 Å². The van der Waals surface area contributed by atoms with Gasteiger partial charge in [0.25, 0.3) is 0 Å². The lowest BCUT2D eigenvalue weighted by Gasteiger charge is -2.28. The molecule has 0 aliphatic carbocycles. The van der Waals surface area contributed by atoms with Gasteiger partial charge in [-0.05, 0) is 17.7 Å². The molecule has 1 aliphatic heterocycles. The van der Waals surface area contributed by atoms with Gasteiger partial charge in [0.15, 0.2) is 11.9 Å². The Labute approximate surface area is 158 Å². The van der Waals surface area contributed by atoms with Crippen molar-refractivity contribution in [2.24, 2.45) is 0 Å². The molecule has 0 radical (unpaired) electrons. The molecular weight excluding hydrogens is 346 g/mol. The molecule has 1 atom stereocenters. The molecule has 1 heterocycles. The first-order chi connectivity index (χ1) is 13.2. The van der Waals surface area contributed by atoms with Crippen LogP contribution in [0.5, 0.6) is 5.75 Å². The summed E-state index contributed by atoms with van der Waals surface area (Å²) in [4.78, 5) is 27.1. The molecule has 27 heavy (non-hydrogen) atoms. The van der Waals surface area contributed by atoms with Gasteiger partial charge < -0.3 is 19.1 Å². The predicted octanol–water partition coefficient (Wildman–Crippen LogP) is 3.02. The van der Waals surface area contributed by atoms with Gasteiger partial charge in [0, 0.05) is 25.1 Å². The number of ketones is 1. The van der Waals surface area contributed by atoms with Crippen LogP contribution in [-0.4, -0.2) is 50.2 Å². The topological polar surface area (TPSA) is 65.1 Å². The second-order valence-electron chi connectivity index (χ2n) is 6.27. The summed E-state index contributed by atoms with van der Waals surface area (Å²) in [5.74, 6) is 0.498. The zero-order valence-electron chi connectivity index (χ0n) is 15.3. The first-order valence-electron chi connectivity index (χ1n) is 8.91. The number of carbonyl (C=O) groups is 2. The van der Waals surface area contributed by atoms with Crippen LogP contribution in [0.2, 0.25) is 0 Å². The van der Waals surface area contributed by atoms with E-state index in [1.165, 1.54) is 0 Å². The highest BCUT2D eigenvalue weighted by molar-refractivity contribution is 5.88. The van der Waals surface area contributed by atoms with Crippen molar-refractivity contribution >= 4 is 11.9 Å². The van der Waals surface area contributed by atoms with Gasteiger partial charge in [0.1, 0.15) is 5.75 Å². The third-order valence-electron chi connectivity index (χ3n) is 4.40. The van der Waals surface area contributed by atoms with Crippen LogP contribution in [0.1, 0.15) is 17.2 Å². The minimum absolute atomic E-state index is 0.146. The van der Waals surface area contributed by atoms with Crippen LogP contribution in [0.4, 0.5) is 4.79 Å². The lowest BCUT2D eigenvalue weighted by Crippen LogP contribution is -2.42. The van der Waals surface area contributed by atoms with E-state index < -0.39 is 12.2 Å². The van der Waals surface area contributed by atoms with Crippen molar-refractivity contribution in [3.05, 3.63) is 65.7 Å². The van der Waals surface area contributed by atoms with Crippen LogP contribution in [0.3, 0.4) is 0 Å². The Hall–Kier alpha value is -2.86. The number of ether oxygens (including phenoxy) is 3. The van der Waals surface area contributed by atoms with Crippen molar-refractivity contribution in [3.63, 3.8) is 0 Å². The minimum atomic E-state index is -0.951. The predicted molar refractivity (Wildman–Crippen MR) is 99.8 cm³/mol. The average molecular weight is 369 g/mol. The number of rotatable bonds is 6. The molecular formula is C21H23NO5. The molecule has 0 spiro atoms. The summed E-state index contributed by atoms with van der Waals surface area (Å²) in [5.41, 5.74) is 1.47. The Morgan fingerprint density at radius 2 is 1.81 bits per heavy atom. The lowest BCUT2D eigenvalue weighted by atomic mass is 9.99. The van der Waals surface area contributed by atoms with E-state index in [0.29, 0.717) is 37.6 Å². The maximum absolute atomic E-state index is 13.0. The van der Waals surface area contributed by atoms with Gasteiger partial charge >= 0.3 is 6.09 Å². The number of Topliss-reactive ketones (excluding diaryl/α,β-unsaturated/α-hetero) is 1. The molecule has 1 saturated heterocycles. The number of methoxy groups -OCH3 is 1. The van der Waals surface area contributed by atoms with Crippen molar-refractivity contribution in [1.29, 1.82) is 0 Å². The number of benzene rings is 2. The third-order valence-corrected chi connectivity index (χ3v) is 4.40. The van der Waals surface area contributed by atoms with Gasteiger partial charge in [-0.3, -0.25) is 4.79 Å². The number of carbonyl (C=O) groups excluding carboxylic acids is 2. The van der Waals surface area contributed by atoms with Crippen LogP contribution in [0.25, 0.3) is 0 Å². The highest BCUT2D eigenvalue weighted by atomic mass is 16.6. The van der Waals surface area contributed by atoms with Crippen molar-refractivity contribution in [2.45, 2.75) is 12.5 Å². The van der Waals surface area contributed by atoms with Crippen molar-refractivity contribution < 1.29 is 23.8 Å². The minimum Gasteiger partial charge on any atom is -0.497 e. The number of nitrogens with zero attached hydrogens (tertiary/aromatic N) is 1. The molecule has 1 aliphatic rings. The largest absolute Gasteiger partial charge is 0.497 e. The van der Waals surface area contributed by atoms with Gasteiger partial charge in [-0.15, -0.1) is 0 Å². The van der Waals surface area contributed by atoms with E-state index in [1.54, 1.807) is 24.1 Å². The molecule has 0 saturated carbocycles. The highest BCUT2D eigenvalue weighted by Gasteiger charge is 2.28. The summed E-state index contributed by atoms with van der Waals surface area (Å²) in [6.45, 7) is 1.88. The van der Waals surface area contributed by atoms with Crippen molar-refractivity contribution in [3.8, 4) is 5.75 Å². The number of hydrogen-bond donors (Lipinski definition) is 0. The lowest BCUT2D eigenvalue weighted by molar-refractivity contribution is -0.127. The van der Waals surface area contributed by atoms with E-state index in [0.717, 1.165) is 5.56 Å². The molecule has 0 N–H and O–H groups in total. The van der Waals surface area contributed by atoms with E-state index in [1.807, 2.05) is 42.5 Å². The Bertz CT molecular complexity index is 771.